The van der Waals surface area contributed by atoms with Gasteiger partial charge in [-0.2, -0.15) is 0 Å². The zero-order valence-electron chi connectivity index (χ0n) is 15.4. The third-order valence-electron chi connectivity index (χ3n) is 5.21. The Balaban J connectivity index is 1.70. The van der Waals surface area contributed by atoms with E-state index in [1.807, 2.05) is 57.8 Å². The zero-order chi connectivity index (χ0) is 19.4. The van der Waals surface area contributed by atoms with E-state index < -0.39 is 6.04 Å². The molecule has 1 fully saturated rings. The minimum absolute atomic E-state index is 0.291. The number of benzene rings is 1. The predicted molar refractivity (Wildman–Crippen MR) is 99.9 cm³/mol. The summed E-state index contributed by atoms with van der Waals surface area (Å²) in [6, 6.07) is 12.6. The second-order valence-corrected chi connectivity index (χ2v) is 6.86. The van der Waals surface area contributed by atoms with Crippen LogP contribution in [0.1, 0.15) is 11.8 Å². The molecule has 3 aromatic rings. The fourth-order valence-corrected chi connectivity index (χ4v) is 3.74. The van der Waals surface area contributed by atoms with Gasteiger partial charge in [0.2, 0.25) is 11.9 Å². The second kappa shape index (κ2) is 5.91. The first kappa shape index (κ1) is 16.5. The number of carbonyl (C=O) groups excluding carboxylic acids is 2. The molecular formula is C20H18N5O3+. The van der Waals surface area contributed by atoms with Crippen molar-refractivity contribution in [2.24, 2.45) is 4.99 Å². The van der Waals surface area contributed by atoms with E-state index in [4.69, 9.17) is 4.42 Å². The molecule has 0 aliphatic carbocycles. The van der Waals surface area contributed by atoms with E-state index in [1.54, 1.807) is 13.3 Å². The summed E-state index contributed by atoms with van der Waals surface area (Å²) in [5, 5.41) is 0. The fraction of sp³-hybridized carbons (Fsp3) is 0.200. The first-order valence-electron chi connectivity index (χ1n) is 8.92. The number of amides is 3. The molecule has 4 heterocycles. The standard InChI is InChI=1S/C20H18N5O3/c1-22-17-16(18(26)23(2)20(22)27)25-12-15(13-7-4-3-5-8-13)24(19(25)21-17)11-14-9-6-10-28-14/h3-10,12,16H,11H2,1-2H3/q+1. The molecule has 1 unspecified atom stereocenters. The van der Waals surface area contributed by atoms with Crippen LogP contribution >= 0.6 is 0 Å². The van der Waals surface area contributed by atoms with Crippen molar-refractivity contribution in [2.45, 2.75) is 12.6 Å². The molecule has 2 aliphatic rings. The van der Waals surface area contributed by atoms with Crippen molar-refractivity contribution in [2.75, 3.05) is 14.1 Å². The van der Waals surface area contributed by atoms with Crippen LogP contribution in [-0.2, 0) is 11.3 Å². The van der Waals surface area contributed by atoms with E-state index in [-0.39, 0.29) is 11.9 Å². The van der Waals surface area contributed by atoms with Gasteiger partial charge in [0, 0.05) is 19.7 Å². The molecule has 2 aromatic heterocycles. The maximum Gasteiger partial charge on any atom is 0.402 e. The molecule has 140 valence electrons. The highest BCUT2D eigenvalue weighted by Gasteiger charge is 2.52. The van der Waals surface area contributed by atoms with Gasteiger partial charge < -0.3 is 4.42 Å². The van der Waals surface area contributed by atoms with Crippen LogP contribution in [0.5, 0.6) is 0 Å². The minimum atomic E-state index is -0.650. The maximum atomic E-state index is 12.8. The Morgan fingerprint density at radius 2 is 1.86 bits per heavy atom. The van der Waals surface area contributed by atoms with Crippen LogP contribution in [0, 0.1) is 0 Å². The number of fused-ring (bicyclic) bond motifs is 3. The Hall–Kier alpha value is -3.68. The summed E-state index contributed by atoms with van der Waals surface area (Å²) >= 11 is 0. The molecule has 0 radical (unpaired) electrons. The average molecular weight is 376 g/mol. The molecule has 8 nitrogen and oxygen atoms in total. The number of furan rings is 1. The van der Waals surface area contributed by atoms with Gasteiger partial charge in [-0.05, 0) is 12.1 Å². The SMILES string of the molecule is CN1C(=O)C2C(=Nc3n(Cc4ccco4)c(-c4ccccc4)c[n+]32)N(C)C1=O. The number of aliphatic imine (C=N–C) groups is 1. The molecule has 1 aromatic carbocycles. The third kappa shape index (κ3) is 2.24. The van der Waals surface area contributed by atoms with Gasteiger partial charge in [0.1, 0.15) is 24.2 Å². The van der Waals surface area contributed by atoms with Gasteiger partial charge in [-0.25, -0.2) is 13.9 Å². The highest BCUT2D eigenvalue weighted by molar-refractivity contribution is 6.18. The van der Waals surface area contributed by atoms with Gasteiger partial charge in [0.05, 0.1) is 6.26 Å². The molecule has 3 amide bonds. The number of urea groups is 1. The molecule has 28 heavy (non-hydrogen) atoms. The van der Waals surface area contributed by atoms with E-state index in [0.29, 0.717) is 18.3 Å². The van der Waals surface area contributed by atoms with Crippen LogP contribution in [-0.4, -0.2) is 46.2 Å². The van der Waals surface area contributed by atoms with Crippen molar-refractivity contribution < 1.29 is 18.6 Å². The molecule has 1 saturated heterocycles. The minimum Gasteiger partial charge on any atom is -0.466 e. The Kier molecular flexibility index (Phi) is 3.48. The lowest BCUT2D eigenvalue weighted by Crippen LogP contribution is -2.61. The van der Waals surface area contributed by atoms with Gasteiger partial charge >= 0.3 is 12.0 Å². The largest absolute Gasteiger partial charge is 0.466 e. The van der Waals surface area contributed by atoms with Gasteiger partial charge in [-0.15, -0.1) is 0 Å². The van der Waals surface area contributed by atoms with Gasteiger partial charge in [-0.1, -0.05) is 35.3 Å². The molecule has 8 heteroatoms. The van der Waals surface area contributed by atoms with Crippen molar-refractivity contribution in [1.82, 2.24) is 14.4 Å². The van der Waals surface area contributed by atoms with Crippen LogP contribution in [0.4, 0.5) is 10.7 Å². The first-order chi connectivity index (χ1) is 13.6. The van der Waals surface area contributed by atoms with Gasteiger partial charge in [0.25, 0.3) is 5.91 Å². The molecule has 2 aliphatic heterocycles. The molecule has 5 rings (SSSR count). The van der Waals surface area contributed by atoms with E-state index in [9.17, 15) is 9.59 Å². The number of imidazole rings is 1. The van der Waals surface area contributed by atoms with Crippen LogP contribution in [0.25, 0.3) is 11.3 Å². The number of aromatic nitrogens is 2. The maximum absolute atomic E-state index is 12.8. The van der Waals surface area contributed by atoms with E-state index >= 15 is 0 Å². The third-order valence-corrected chi connectivity index (χ3v) is 5.21. The number of carbonyl (C=O) groups is 2. The number of hydrogen-bond acceptors (Lipinski definition) is 4. The van der Waals surface area contributed by atoms with Crippen molar-refractivity contribution in [3.05, 3.63) is 60.7 Å². The normalized spacial score (nSPS) is 18.4. The Labute approximate surface area is 160 Å². The summed E-state index contributed by atoms with van der Waals surface area (Å²) in [5.74, 6) is 1.54. The molecule has 1 atom stereocenters. The smallest absolute Gasteiger partial charge is 0.402 e. The molecule has 0 bridgehead atoms. The summed E-state index contributed by atoms with van der Waals surface area (Å²) in [6.07, 6.45) is 3.55. The van der Waals surface area contributed by atoms with E-state index in [1.165, 1.54) is 11.9 Å². The lowest BCUT2D eigenvalue weighted by Gasteiger charge is -2.30. The summed E-state index contributed by atoms with van der Waals surface area (Å²) in [5.41, 5.74) is 1.93. The number of nitrogens with zero attached hydrogens (tertiary/aromatic N) is 5. The fourth-order valence-electron chi connectivity index (χ4n) is 3.74. The second-order valence-electron chi connectivity index (χ2n) is 6.86. The topological polar surface area (TPSA) is 74.9 Å². The van der Waals surface area contributed by atoms with Gasteiger partial charge in [-0.3, -0.25) is 14.6 Å². The lowest BCUT2D eigenvalue weighted by molar-refractivity contribution is -0.676. The summed E-state index contributed by atoms with van der Waals surface area (Å²) < 4.78 is 9.37. The van der Waals surface area contributed by atoms with Crippen LogP contribution in [0.3, 0.4) is 0 Å². The zero-order valence-corrected chi connectivity index (χ0v) is 15.4. The lowest BCUT2D eigenvalue weighted by atomic mass is 10.1. The van der Waals surface area contributed by atoms with Crippen LogP contribution in [0.2, 0.25) is 0 Å². The number of rotatable bonds is 3. The Morgan fingerprint density at radius 1 is 1.07 bits per heavy atom. The molecule has 0 saturated carbocycles. The molecular weight excluding hydrogens is 358 g/mol. The van der Waals surface area contributed by atoms with Crippen molar-refractivity contribution >= 4 is 23.7 Å². The summed E-state index contributed by atoms with van der Waals surface area (Å²) in [4.78, 5) is 32.4. The monoisotopic (exact) mass is 376 g/mol. The van der Waals surface area contributed by atoms with Gasteiger partial charge in [0.15, 0.2) is 0 Å². The first-order valence-corrected chi connectivity index (χ1v) is 8.92. The molecule has 0 N–H and O–H groups in total. The average Bonchev–Trinajstić information content (AvgIpc) is 3.42. The summed E-state index contributed by atoms with van der Waals surface area (Å²) in [7, 11) is 3.13. The quantitative estimate of drug-likeness (QED) is 0.658. The van der Waals surface area contributed by atoms with Crippen molar-refractivity contribution in [3.8, 4) is 11.3 Å². The number of likely N-dealkylation sites (N-methyl/N-ethyl adjacent to an activating group) is 2. The summed E-state index contributed by atoms with van der Waals surface area (Å²) in [6.45, 7) is 0.463. The Bertz CT molecular complexity index is 1110. The number of amidine groups is 1. The van der Waals surface area contributed by atoms with Crippen LogP contribution in [0.15, 0.2) is 64.3 Å². The van der Waals surface area contributed by atoms with Crippen molar-refractivity contribution in [3.63, 3.8) is 0 Å². The van der Waals surface area contributed by atoms with Crippen LogP contribution < -0.4 is 4.57 Å². The Morgan fingerprint density at radius 3 is 2.57 bits per heavy atom. The number of hydrogen-bond donors (Lipinski definition) is 0. The van der Waals surface area contributed by atoms with E-state index in [0.717, 1.165) is 21.9 Å². The van der Waals surface area contributed by atoms with E-state index in [2.05, 4.69) is 4.99 Å². The number of imide groups is 1. The highest BCUT2D eigenvalue weighted by atomic mass is 16.3. The molecule has 0 spiro atoms. The highest BCUT2D eigenvalue weighted by Crippen LogP contribution is 2.32. The predicted octanol–water partition coefficient (Wildman–Crippen LogP) is 2.19. The van der Waals surface area contributed by atoms with Crippen molar-refractivity contribution in [1.29, 1.82) is 0 Å².